The molecule has 5 heteroatoms. The molecule has 2 N–H and O–H groups in total. The van der Waals surface area contributed by atoms with Gasteiger partial charge in [-0.15, -0.1) is 0 Å². The molecule has 1 aliphatic heterocycles. The summed E-state index contributed by atoms with van der Waals surface area (Å²) in [4.78, 5) is 11.2. The van der Waals surface area contributed by atoms with Crippen molar-refractivity contribution in [2.24, 2.45) is 17.3 Å². The predicted molar refractivity (Wildman–Crippen MR) is 109 cm³/mol. The summed E-state index contributed by atoms with van der Waals surface area (Å²) in [6.45, 7) is 2.18. The molecule has 0 saturated heterocycles. The number of aliphatic hydroxyl groups is 1. The topological polar surface area (TPSA) is 66.8 Å². The van der Waals surface area contributed by atoms with E-state index >= 15 is 0 Å². The second-order valence-corrected chi connectivity index (χ2v) is 9.12. The van der Waals surface area contributed by atoms with E-state index in [2.05, 4.69) is 13.0 Å². The van der Waals surface area contributed by atoms with Gasteiger partial charge in [-0.05, 0) is 67.9 Å². The number of aryl methyl sites for hydroxylation is 1. The van der Waals surface area contributed by atoms with E-state index in [0.717, 1.165) is 56.9 Å². The lowest BCUT2D eigenvalue weighted by Crippen LogP contribution is -2.24. The number of rotatable bonds is 7. The molecule has 0 amide bonds. The maximum absolute atomic E-state index is 14.7. The van der Waals surface area contributed by atoms with Crippen molar-refractivity contribution >= 4 is 5.97 Å². The Labute approximate surface area is 171 Å². The Kier molecular flexibility index (Phi) is 5.69. The zero-order chi connectivity index (χ0) is 20.6. The van der Waals surface area contributed by atoms with Gasteiger partial charge in [0.2, 0.25) is 0 Å². The van der Waals surface area contributed by atoms with E-state index in [9.17, 15) is 19.4 Å². The largest absolute Gasteiger partial charge is 0.487 e. The molecule has 4 atom stereocenters. The first-order valence-electron chi connectivity index (χ1n) is 11.0. The number of carboxylic acids is 1. The first-order valence-corrected chi connectivity index (χ1v) is 11.0. The first-order chi connectivity index (χ1) is 13.9. The lowest BCUT2D eigenvalue weighted by molar-refractivity contribution is 0.0689. The van der Waals surface area contributed by atoms with Gasteiger partial charge in [0, 0.05) is 5.92 Å². The lowest BCUT2D eigenvalue weighted by Gasteiger charge is -2.23. The highest BCUT2D eigenvalue weighted by Gasteiger charge is 2.47. The van der Waals surface area contributed by atoms with Crippen molar-refractivity contribution in [1.82, 2.24) is 0 Å². The van der Waals surface area contributed by atoms with Crippen LogP contribution in [0.1, 0.15) is 74.2 Å². The predicted octanol–water partition coefficient (Wildman–Crippen LogP) is 5.13. The van der Waals surface area contributed by atoms with Gasteiger partial charge >= 0.3 is 5.97 Å². The zero-order valence-corrected chi connectivity index (χ0v) is 17.1. The van der Waals surface area contributed by atoms with E-state index in [-0.39, 0.29) is 34.9 Å². The molecular weight excluding hydrogens is 371 g/mol. The number of halogens is 1. The fourth-order valence-corrected chi connectivity index (χ4v) is 5.24. The number of ether oxygens (including phenoxy) is 1. The molecule has 1 heterocycles. The summed E-state index contributed by atoms with van der Waals surface area (Å²) in [6, 6.07) is 3.02. The van der Waals surface area contributed by atoms with Gasteiger partial charge in [-0.3, -0.25) is 0 Å². The fourth-order valence-electron chi connectivity index (χ4n) is 5.24. The standard InChI is InChI=1S/C24H31FO4/c1-2-3-12-24(13-14-24)20(26)11-7-15-6-10-19-17(15)8-4-16-5-9-18(23(27)28)21(25)22(16)29-19/h5,7,9,11,15,17,19-20,26H,2-4,6,8,10,12-14H2,1H3,(H,27,28)/b11-7+/t15-,17-,19+,20?/m1/s1. The second-order valence-electron chi connectivity index (χ2n) is 9.12. The average Bonchev–Trinajstić information content (AvgIpc) is 3.44. The van der Waals surface area contributed by atoms with Crippen molar-refractivity contribution in [2.75, 3.05) is 0 Å². The van der Waals surface area contributed by atoms with Crippen LogP contribution in [0.25, 0.3) is 0 Å². The van der Waals surface area contributed by atoms with E-state index < -0.39 is 11.8 Å². The number of unbranched alkanes of at least 4 members (excludes halogenated alkanes) is 1. The average molecular weight is 403 g/mol. The minimum Gasteiger partial charge on any atom is -0.487 e. The van der Waals surface area contributed by atoms with Gasteiger partial charge in [0.05, 0.1) is 11.7 Å². The van der Waals surface area contributed by atoms with Crippen molar-refractivity contribution in [3.8, 4) is 5.75 Å². The van der Waals surface area contributed by atoms with Gasteiger partial charge in [-0.25, -0.2) is 9.18 Å². The molecule has 0 radical (unpaired) electrons. The van der Waals surface area contributed by atoms with Crippen LogP contribution in [0.4, 0.5) is 4.39 Å². The van der Waals surface area contributed by atoms with Crippen LogP contribution in [0.15, 0.2) is 24.3 Å². The van der Waals surface area contributed by atoms with E-state index in [4.69, 9.17) is 4.74 Å². The van der Waals surface area contributed by atoms with Crippen LogP contribution in [0.2, 0.25) is 0 Å². The van der Waals surface area contributed by atoms with Gasteiger partial charge in [0.1, 0.15) is 6.10 Å². The van der Waals surface area contributed by atoms with Gasteiger partial charge in [-0.1, -0.05) is 38.0 Å². The minimum atomic E-state index is -1.27. The highest BCUT2D eigenvalue weighted by molar-refractivity contribution is 5.88. The molecule has 0 spiro atoms. The summed E-state index contributed by atoms with van der Waals surface area (Å²) >= 11 is 0. The fraction of sp³-hybridized carbons (Fsp3) is 0.625. The third kappa shape index (κ3) is 3.94. The summed E-state index contributed by atoms with van der Waals surface area (Å²) in [5.74, 6) is -1.32. The van der Waals surface area contributed by atoms with Gasteiger partial charge in [0.25, 0.3) is 0 Å². The molecule has 0 bridgehead atoms. The number of aliphatic hydroxyl groups excluding tert-OH is 1. The monoisotopic (exact) mass is 402 g/mol. The first kappa shape index (κ1) is 20.4. The summed E-state index contributed by atoms with van der Waals surface area (Å²) in [7, 11) is 0. The van der Waals surface area contributed by atoms with Gasteiger partial charge < -0.3 is 14.9 Å². The van der Waals surface area contributed by atoms with E-state index in [1.807, 2.05) is 6.08 Å². The molecule has 4 nitrogen and oxygen atoms in total. The zero-order valence-electron chi connectivity index (χ0n) is 17.1. The highest BCUT2D eigenvalue weighted by atomic mass is 19.1. The molecule has 0 aromatic heterocycles. The lowest BCUT2D eigenvalue weighted by atomic mass is 9.87. The Balaban J connectivity index is 1.46. The summed E-state index contributed by atoms with van der Waals surface area (Å²) < 4.78 is 20.7. The van der Waals surface area contributed by atoms with Gasteiger partial charge in [0.15, 0.2) is 11.6 Å². The highest BCUT2D eigenvalue weighted by Crippen LogP contribution is 2.53. The number of allylic oxidation sites excluding steroid dienone is 1. The Morgan fingerprint density at radius 1 is 1.34 bits per heavy atom. The number of aromatic carboxylic acids is 1. The third-order valence-corrected chi connectivity index (χ3v) is 7.33. The smallest absolute Gasteiger partial charge is 0.338 e. The Bertz CT molecular complexity index is 798. The molecule has 4 rings (SSSR count). The molecule has 3 aliphatic rings. The SMILES string of the molecule is CCCCC1(C(O)/C=C/[C@H]2CC[C@@H]3Oc4c(ccc(C(=O)O)c4F)CC[C@@H]32)CC1. The Morgan fingerprint density at radius 2 is 2.14 bits per heavy atom. The summed E-state index contributed by atoms with van der Waals surface area (Å²) in [5.41, 5.74) is 0.514. The molecule has 2 fully saturated rings. The third-order valence-electron chi connectivity index (χ3n) is 7.33. The number of hydrogen-bond acceptors (Lipinski definition) is 3. The van der Waals surface area contributed by atoms with Crippen molar-refractivity contribution in [1.29, 1.82) is 0 Å². The molecular formula is C24H31FO4. The summed E-state index contributed by atoms with van der Waals surface area (Å²) in [6.07, 6.45) is 12.7. The van der Waals surface area contributed by atoms with E-state index in [1.165, 1.54) is 6.07 Å². The van der Waals surface area contributed by atoms with Crippen molar-refractivity contribution in [2.45, 2.75) is 76.9 Å². The number of benzene rings is 1. The van der Waals surface area contributed by atoms with Crippen molar-refractivity contribution < 1.29 is 24.1 Å². The van der Waals surface area contributed by atoms with Crippen LogP contribution in [0.3, 0.4) is 0 Å². The van der Waals surface area contributed by atoms with Crippen LogP contribution >= 0.6 is 0 Å². The van der Waals surface area contributed by atoms with Crippen LogP contribution in [0.5, 0.6) is 5.75 Å². The van der Waals surface area contributed by atoms with Crippen molar-refractivity contribution in [3.05, 3.63) is 41.2 Å². The molecule has 2 saturated carbocycles. The molecule has 2 aliphatic carbocycles. The molecule has 158 valence electrons. The minimum absolute atomic E-state index is 0.0943. The van der Waals surface area contributed by atoms with Crippen LogP contribution < -0.4 is 4.74 Å². The molecule has 1 aromatic carbocycles. The maximum Gasteiger partial charge on any atom is 0.338 e. The van der Waals surface area contributed by atoms with Crippen LogP contribution in [-0.4, -0.2) is 28.4 Å². The van der Waals surface area contributed by atoms with E-state index in [1.54, 1.807) is 6.07 Å². The van der Waals surface area contributed by atoms with Crippen LogP contribution in [0, 0.1) is 23.1 Å². The van der Waals surface area contributed by atoms with E-state index in [0.29, 0.717) is 12.3 Å². The Morgan fingerprint density at radius 3 is 2.83 bits per heavy atom. The normalized spacial score (nSPS) is 28.3. The number of fused-ring (bicyclic) bond motifs is 2. The molecule has 1 aromatic rings. The maximum atomic E-state index is 14.7. The van der Waals surface area contributed by atoms with Crippen molar-refractivity contribution in [3.63, 3.8) is 0 Å². The molecule has 1 unspecified atom stereocenters. The second kappa shape index (κ2) is 8.10. The quantitative estimate of drug-likeness (QED) is 0.621. The Hall–Kier alpha value is -1.88. The molecule has 29 heavy (non-hydrogen) atoms. The van der Waals surface area contributed by atoms with Gasteiger partial charge in [-0.2, -0.15) is 0 Å². The number of carbonyl (C=O) groups is 1. The van der Waals surface area contributed by atoms with Crippen LogP contribution in [-0.2, 0) is 6.42 Å². The number of carboxylic acid groups (broad SMARTS) is 1. The number of hydrogen-bond donors (Lipinski definition) is 2. The summed E-state index contributed by atoms with van der Waals surface area (Å²) in [5, 5.41) is 19.9.